The fraction of sp³-hybridized carbons (Fsp3) is 0.158. The van der Waals surface area contributed by atoms with Crippen molar-refractivity contribution >= 4 is 35.1 Å². The number of carbonyl (C=O) groups excluding carboxylic acids is 1. The van der Waals surface area contributed by atoms with Crippen molar-refractivity contribution in [2.45, 2.75) is 20.4 Å². The molecule has 0 saturated carbocycles. The van der Waals surface area contributed by atoms with E-state index in [1.165, 1.54) is 11.3 Å². The first kappa shape index (κ1) is 16.6. The molecule has 3 rings (SSSR count). The Bertz CT molecular complexity index is 892. The Morgan fingerprint density at radius 3 is 2.17 bits per heavy atom. The lowest BCUT2D eigenvalue weighted by Crippen LogP contribution is -2.30. The molecule has 24 heavy (non-hydrogen) atoms. The zero-order valence-corrected chi connectivity index (χ0v) is 15.2. The van der Waals surface area contributed by atoms with Crippen LogP contribution in [0.25, 0.3) is 0 Å². The molecule has 0 unspecified atom stereocenters. The van der Waals surface area contributed by atoms with E-state index in [4.69, 9.17) is 12.2 Å². The molecule has 0 aliphatic heterocycles. The standard InChI is InChI=1S/C19H18N2OS2/c1-13-3-7-15(8-4-13)18(22)21(11-16-12-24-19(23)20-16)17-9-5-14(2)6-10-17/h3-10,12H,11H2,1-2H3,(H,20,23). The number of hydrogen-bond donors (Lipinski definition) is 1. The van der Waals surface area contributed by atoms with E-state index in [0.29, 0.717) is 12.1 Å². The van der Waals surface area contributed by atoms with Gasteiger partial charge in [0.25, 0.3) is 5.91 Å². The van der Waals surface area contributed by atoms with Gasteiger partial charge in [-0.25, -0.2) is 0 Å². The summed E-state index contributed by atoms with van der Waals surface area (Å²) in [6, 6.07) is 15.6. The largest absolute Gasteiger partial charge is 0.339 e. The minimum Gasteiger partial charge on any atom is -0.339 e. The van der Waals surface area contributed by atoms with Crippen LogP contribution in [0.3, 0.4) is 0 Å². The Morgan fingerprint density at radius 2 is 1.62 bits per heavy atom. The summed E-state index contributed by atoms with van der Waals surface area (Å²) >= 11 is 6.63. The van der Waals surface area contributed by atoms with Crippen LogP contribution >= 0.6 is 23.6 Å². The molecule has 0 fully saturated rings. The number of aromatic amines is 1. The number of carbonyl (C=O) groups is 1. The van der Waals surface area contributed by atoms with Gasteiger partial charge in [-0.1, -0.05) is 35.4 Å². The molecule has 5 heteroatoms. The summed E-state index contributed by atoms with van der Waals surface area (Å²) in [7, 11) is 0. The third-order valence-electron chi connectivity index (χ3n) is 3.79. The van der Waals surface area contributed by atoms with Crippen molar-refractivity contribution < 1.29 is 4.79 Å². The van der Waals surface area contributed by atoms with Gasteiger partial charge in [0.15, 0.2) is 3.95 Å². The first-order chi connectivity index (χ1) is 11.5. The van der Waals surface area contributed by atoms with Gasteiger partial charge in [0.05, 0.1) is 6.54 Å². The molecule has 3 nitrogen and oxygen atoms in total. The molecule has 1 amide bonds. The molecule has 2 aromatic carbocycles. The molecule has 0 aliphatic rings. The number of nitrogens with zero attached hydrogens (tertiary/aromatic N) is 1. The maximum absolute atomic E-state index is 13.0. The third-order valence-corrected chi connectivity index (χ3v) is 4.90. The number of benzene rings is 2. The van der Waals surface area contributed by atoms with E-state index >= 15 is 0 Å². The zero-order valence-electron chi connectivity index (χ0n) is 13.6. The van der Waals surface area contributed by atoms with Gasteiger partial charge in [-0.3, -0.25) is 4.79 Å². The van der Waals surface area contributed by atoms with Crippen LogP contribution in [-0.2, 0) is 6.54 Å². The normalized spacial score (nSPS) is 10.6. The van der Waals surface area contributed by atoms with E-state index in [9.17, 15) is 4.79 Å². The van der Waals surface area contributed by atoms with Crippen LogP contribution in [0.1, 0.15) is 27.2 Å². The molecule has 122 valence electrons. The summed E-state index contributed by atoms with van der Waals surface area (Å²) in [6.45, 7) is 4.51. The number of nitrogens with one attached hydrogen (secondary N) is 1. The monoisotopic (exact) mass is 354 g/mol. The molecule has 3 aromatic rings. The van der Waals surface area contributed by atoms with Crippen molar-refractivity contribution in [3.8, 4) is 0 Å². The molecule has 0 atom stereocenters. The lowest BCUT2D eigenvalue weighted by atomic mass is 10.1. The second-order valence-corrected chi connectivity index (χ2v) is 7.31. The van der Waals surface area contributed by atoms with Crippen LogP contribution in [0.4, 0.5) is 5.69 Å². The van der Waals surface area contributed by atoms with Crippen molar-refractivity contribution in [3.63, 3.8) is 0 Å². The highest BCUT2D eigenvalue weighted by Crippen LogP contribution is 2.21. The molecule has 0 radical (unpaired) electrons. The highest BCUT2D eigenvalue weighted by Gasteiger charge is 2.18. The van der Waals surface area contributed by atoms with E-state index in [1.807, 2.05) is 67.8 Å². The Kier molecular flexibility index (Phi) is 4.92. The van der Waals surface area contributed by atoms with Crippen molar-refractivity contribution in [1.82, 2.24) is 4.98 Å². The van der Waals surface area contributed by atoms with Gasteiger partial charge in [-0.15, -0.1) is 11.3 Å². The van der Waals surface area contributed by atoms with Gasteiger partial charge in [0, 0.05) is 22.3 Å². The molecule has 0 aliphatic carbocycles. The van der Waals surface area contributed by atoms with Crippen molar-refractivity contribution in [2.24, 2.45) is 0 Å². The first-order valence-corrected chi connectivity index (χ1v) is 8.93. The number of aryl methyl sites for hydroxylation is 2. The summed E-state index contributed by atoms with van der Waals surface area (Å²) in [5, 5.41) is 1.96. The van der Waals surface area contributed by atoms with E-state index < -0.39 is 0 Å². The Morgan fingerprint density at radius 1 is 1.04 bits per heavy atom. The van der Waals surface area contributed by atoms with Crippen LogP contribution in [0, 0.1) is 17.8 Å². The number of H-pyrrole nitrogens is 1. The molecule has 0 bridgehead atoms. The average molecular weight is 355 g/mol. The maximum atomic E-state index is 13.0. The van der Waals surface area contributed by atoms with Crippen LogP contribution in [-0.4, -0.2) is 10.9 Å². The topological polar surface area (TPSA) is 36.1 Å². The number of anilines is 1. The van der Waals surface area contributed by atoms with Gasteiger partial charge in [0.2, 0.25) is 0 Å². The molecule has 0 saturated heterocycles. The van der Waals surface area contributed by atoms with E-state index in [2.05, 4.69) is 4.98 Å². The molecule has 1 aromatic heterocycles. The third kappa shape index (κ3) is 3.80. The van der Waals surface area contributed by atoms with Crippen LogP contribution in [0.2, 0.25) is 0 Å². The summed E-state index contributed by atoms with van der Waals surface area (Å²) in [5.74, 6) is -0.0237. The van der Waals surface area contributed by atoms with Gasteiger partial charge < -0.3 is 9.88 Å². The summed E-state index contributed by atoms with van der Waals surface area (Å²) in [5.41, 5.74) is 4.78. The highest BCUT2D eigenvalue weighted by atomic mass is 32.1. The molecular weight excluding hydrogens is 336 g/mol. The fourth-order valence-corrected chi connectivity index (χ4v) is 3.27. The van der Waals surface area contributed by atoms with Gasteiger partial charge in [0.1, 0.15) is 0 Å². The predicted octanol–water partition coefficient (Wildman–Crippen LogP) is 5.27. The quantitative estimate of drug-likeness (QED) is 0.648. The van der Waals surface area contributed by atoms with Crippen molar-refractivity contribution in [3.05, 3.63) is 80.2 Å². The van der Waals surface area contributed by atoms with E-state index in [-0.39, 0.29) is 5.91 Å². The number of aromatic nitrogens is 1. The van der Waals surface area contributed by atoms with Crippen LogP contribution in [0.15, 0.2) is 53.9 Å². The van der Waals surface area contributed by atoms with Gasteiger partial charge in [-0.05, 0) is 50.3 Å². The number of hydrogen-bond acceptors (Lipinski definition) is 3. The van der Waals surface area contributed by atoms with E-state index in [1.54, 1.807) is 4.90 Å². The number of thiazole rings is 1. The summed E-state index contributed by atoms with van der Waals surface area (Å²) in [4.78, 5) is 18.0. The molecule has 0 spiro atoms. The van der Waals surface area contributed by atoms with Crippen molar-refractivity contribution in [2.75, 3.05) is 4.90 Å². The fourth-order valence-electron chi connectivity index (χ4n) is 2.42. The van der Waals surface area contributed by atoms with Gasteiger partial charge >= 0.3 is 0 Å². The van der Waals surface area contributed by atoms with Gasteiger partial charge in [-0.2, -0.15) is 0 Å². The lowest BCUT2D eigenvalue weighted by molar-refractivity contribution is 0.0985. The smallest absolute Gasteiger partial charge is 0.258 e. The molecular formula is C19H18N2OS2. The zero-order chi connectivity index (χ0) is 17.1. The maximum Gasteiger partial charge on any atom is 0.258 e. The summed E-state index contributed by atoms with van der Waals surface area (Å²) < 4.78 is 0.719. The average Bonchev–Trinajstić information content (AvgIpc) is 2.99. The minimum atomic E-state index is -0.0237. The van der Waals surface area contributed by atoms with E-state index in [0.717, 1.165) is 26.5 Å². The molecule has 1 N–H and O–H groups in total. The Hall–Kier alpha value is -2.24. The predicted molar refractivity (Wildman–Crippen MR) is 102 cm³/mol. The SMILES string of the molecule is Cc1ccc(C(=O)N(Cc2csc(=S)[nH]2)c2ccc(C)cc2)cc1. The first-order valence-electron chi connectivity index (χ1n) is 7.65. The van der Waals surface area contributed by atoms with Crippen molar-refractivity contribution in [1.29, 1.82) is 0 Å². The minimum absolute atomic E-state index is 0.0237. The Labute approximate surface area is 150 Å². The number of rotatable bonds is 4. The highest BCUT2D eigenvalue weighted by molar-refractivity contribution is 7.73. The second kappa shape index (κ2) is 7.11. The number of amides is 1. The lowest BCUT2D eigenvalue weighted by Gasteiger charge is -2.22. The second-order valence-electron chi connectivity index (χ2n) is 5.77. The Balaban J connectivity index is 1.97. The summed E-state index contributed by atoms with van der Waals surface area (Å²) in [6.07, 6.45) is 0. The van der Waals surface area contributed by atoms with Crippen LogP contribution < -0.4 is 4.90 Å². The van der Waals surface area contributed by atoms with Crippen LogP contribution in [0.5, 0.6) is 0 Å². The molecule has 1 heterocycles.